The van der Waals surface area contributed by atoms with Crippen LogP contribution in [0, 0.1) is 5.41 Å². The number of ether oxygens (including phenoxy) is 1. The van der Waals surface area contributed by atoms with Crippen molar-refractivity contribution in [3.63, 3.8) is 0 Å². The van der Waals surface area contributed by atoms with E-state index >= 15 is 0 Å². The highest BCUT2D eigenvalue weighted by Gasteiger charge is 2.12. The smallest absolute Gasteiger partial charge is 0.187 e. The maximum atomic E-state index is 9.99. The highest BCUT2D eigenvalue weighted by molar-refractivity contribution is 6.01. The minimum absolute atomic E-state index is 0.0102. The van der Waals surface area contributed by atoms with Crippen LogP contribution in [0.25, 0.3) is 21.9 Å². The van der Waals surface area contributed by atoms with Crippen molar-refractivity contribution in [2.75, 3.05) is 6.61 Å². The van der Waals surface area contributed by atoms with E-state index in [1.807, 2.05) is 25.1 Å². The first-order chi connectivity index (χ1) is 9.22. The number of hydrogen-bond acceptors (Lipinski definition) is 4. The van der Waals surface area contributed by atoms with Crippen molar-refractivity contribution in [3.8, 4) is 0 Å². The Morgan fingerprint density at radius 1 is 1.42 bits per heavy atom. The van der Waals surface area contributed by atoms with Gasteiger partial charge in [-0.05, 0) is 13.0 Å². The van der Waals surface area contributed by atoms with Gasteiger partial charge in [0.1, 0.15) is 23.5 Å². The summed E-state index contributed by atoms with van der Waals surface area (Å²) < 4.78 is 6.17. The van der Waals surface area contributed by atoms with E-state index in [0.717, 1.165) is 10.1 Å². The van der Waals surface area contributed by atoms with E-state index < -0.39 is 0 Å². The molecule has 0 fully saturated rings. The molecule has 0 unspecified atom stereocenters. The lowest BCUT2D eigenvalue weighted by Crippen LogP contribution is -2.18. The summed E-state index contributed by atoms with van der Waals surface area (Å²) in [4.78, 5) is 7.48. The highest BCUT2D eigenvalue weighted by Crippen LogP contribution is 2.20. The zero-order valence-electron chi connectivity index (χ0n) is 10.5. The van der Waals surface area contributed by atoms with Crippen LogP contribution < -0.4 is 5.49 Å². The first kappa shape index (κ1) is 11.7. The number of rotatable bonds is 3. The molecule has 3 aromatic rings. The summed E-state index contributed by atoms with van der Waals surface area (Å²) in [6, 6.07) is 7.31. The van der Waals surface area contributed by atoms with Crippen molar-refractivity contribution >= 4 is 21.9 Å². The molecule has 0 aliphatic rings. The predicted molar refractivity (Wildman–Crippen MR) is 70.0 cm³/mol. The first-order valence-electron chi connectivity index (χ1n) is 6.06. The molecule has 1 aromatic carbocycles. The lowest BCUT2D eigenvalue weighted by Gasteiger charge is -2.04. The van der Waals surface area contributed by atoms with Gasteiger partial charge in [0, 0.05) is 12.0 Å². The number of imidazole rings is 1. The maximum Gasteiger partial charge on any atom is 0.187 e. The molecule has 2 heterocycles. The van der Waals surface area contributed by atoms with Gasteiger partial charge in [-0.1, -0.05) is 18.2 Å². The number of pyridine rings is 1. The molecule has 19 heavy (non-hydrogen) atoms. The molecule has 0 aliphatic heterocycles. The number of benzene rings is 1. The number of aromatic nitrogens is 3. The second kappa shape index (κ2) is 4.40. The van der Waals surface area contributed by atoms with Crippen molar-refractivity contribution in [3.05, 3.63) is 35.6 Å². The number of para-hydroxylation sites is 1. The fraction of sp³-hybridized carbons (Fsp3) is 0.231. The van der Waals surface area contributed by atoms with E-state index in [1.165, 1.54) is 0 Å². The van der Waals surface area contributed by atoms with E-state index in [1.54, 1.807) is 6.07 Å². The third-order valence-electron chi connectivity index (χ3n) is 3.03. The van der Waals surface area contributed by atoms with Gasteiger partial charge in [0.15, 0.2) is 5.49 Å². The van der Waals surface area contributed by atoms with E-state index in [9.17, 15) is 5.21 Å². The van der Waals surface area contributed by atoms with Gasteiger partial charge in [-0.15, -0.1) is 0 Å². The van der Waals surface area contributed by atoms with Crippen LogP contribution >= 0.6 is 0 Å². The first-order valence-corrected chi connectivity index (χ1v) is 6.06. The van der Waals surface area contributed by atoms with Crippen LogP contribution in [0.1, 0.15) is 12.7 Å². The van der Waals surface area contributed by atoms with Crippen LogP contribution in [0.2, 0.25) is 0 Å². The lowest BCUT2D eigenvalue weighted by molar-refractivity contribution is 0.129. The van der Waals surface area contributed by atoms with Gasteiger partial charge in [-0.3, -0.25) is 5.41 Å². The highest BCUT2D eigenvalue weighted by atomic mass is 16.5. The van der Waals surface area contributed by atoms with Crippen LogP contribution in [0.4, 0.5) is 0 Å². The maximum absolute atomic E-state index is 9.99. The Balaban J connectivity index is 2.34. The minimum Gasteiger partial charge on any atom is -0.426 e. The molecular formula is C13H14N4O2. The Bertz CT molecular complexity index is 803. The van der Waals surface area contributed by atoms with Gasteiger partial charge < -0.3 is 14.9 Å². The van der Waals surface area contributed by atoms with Crippen LogP contribution in [-0.4, -0.2) is 26.5 Å². The minimum atomic E-state index is -0.0102. The zero-order chi connectivity index (χ0) is 13.4. The molecule has 98 valence electrons. The molecule has 0 atom stereocenters. The third-order valence-corrected chi connectivity index (χ3v) is 3.03. The largest absolute Gasteiger partial charge is 0.426 e. The number of hydrogen-bond donors (Lipinski definition) is 3. The van der Waals surface area contributed by atoms with Gasteiger partial charge in [0.2, 0.25) is 0 Å². The molecule has 3 N–H and O–H groups in total. The summed E-state index contributed by atoms with van der Waals surface area (Å²) in [5.41, 5.74) is 1.75. The molecule has 2 aromatic heterocycles. The zero-order valence-corrected chi connectivity index (χ0v) is 10.5. The van der Waals surface area contributed by atoms with Gasteiger partial charge in [0.25, 0.3) is 0 Å². The van der Waals surface area contributed by atoms with Crippen LogP contribution in [0.3, 0.4) is 0 Å². The van der Waals surface area contributed by atoms with Crippen molar-refractivity contribution < 1.29 is 9.94 Å². The number of fused-ring (bicyclic) bond motifs is 3. The van der Waals surface area contributed by atoms with E-state index in [-0.39, 0.29) is 5.49 Å². The fourth-order valence-electron chi connectivity index (χ4n) is 2.14. The Kier molecular flexibility index (Phi) is 2.72. The number of nitrogens with one attached hydrogen (secondary N) is 2. The molecule has 0 radical (unpaired) electrons. The second-order valence-corrected chi connectivity index (χ2v) is 4.22. The van der Waals surface area contributed by atoms with Gasteiger partial charge in [-0.2, -0.15) is 4.73 Å². The predicted octanol–water partition coefficient (Wildman–Crippen LogP) is 1.77. The summed E-state index contributed by atoms with van der Waals surface area (Å²) in [5, 5.41) is 18.8. The van der Waals surface area contributed by atoms with Crippen molar-refractivity contribution in [1.29, 1.82) is 5.41 Å². The summed E-state index contributed by atoms with van der Waals surface area (Å²) in [6.07, 6.45) is 0. The summed E-state index contributed by atoms with van der Waals surface area (Å²) in [7, 11) is 0. The van der Waals surface area contributed by atoms with Gasteiger partial charge in [0.05, 0.1) is 5.52 Å². The van der Waals surface area contributed by atoms with Crippen molar-refractivity contribution in [2.45, 2.75) is 13.5 Å². The van der Waals surface area contributed by atoms with Gasteiger partial charge >= 0.3 is 0 Å². The molecular weight excluding hydrogens is 244 g/mol. The Morgan fingerprint density at radius 2 is 2.21 bits per heavy atom. The summed E-state index contributed by atoms with van der Waals surface area (Å²) in [6.45, 7) is 2.88. The summed E-state index contributed by atoms with van der Waals surface area (Å²) in [5.74, 6) is 0.654. The standard InChI is InChI=1S/C13H14N4O2/c1-2-19-7-10-15-11-8-5-3-4-6-9(8)17(18)13(14)12(11)16-10/h3-6,14,18H,2,7H2,1H3,(H,15,16). The average molecular weight is 258 g/mol. The van der Waals surface area contributed by atoms with Crippen LogP contribution in [-0.2, 0) is 11.3 Å². The van der Waals surface area contributed by atoms with E-state index in [2.05, 4.69) is 9.97 Å². The van der Waals surface area contributed by atoms with Crippen LogP contribution in [0.15, 0.2) is 24.3 Å². The summed E-state index contributed by atoms with van der Waals surface area (Å²) >= 11 is 0. The molecule has 0 aliphatic carbocycles. The second-order valence-electron chi connectivity index (χ2n) is 4.22. The molecule has 0 spiro atoms. The normalized spacial score (nSPS) is 11.4. The number of nitrogens with zero attached hydrogens (tertiary/aromatic N) is 2. The Labute approximate surface area is 108 Å². The van der Waals surface area contributed by atoms with Crippen LogP contribution in [0.5, 0.6) is 0 Å². The van der Waals surface area contributed by atoms with E-state index in [4.69, 9.17) is 10.1 Å². The molecule has 6 nitrogen and oxygen atoms in total. The molecule has 6 heteroatoms. The quantitative estimate of drug-likeness (QED) is 0.626. The Morgan fingerprint density at radius 3 is 3.00 bits per heavy atom. The van der Waals surface area contributed by atoms with E-state index in [0.29, 0.717) is 35.6 Å². The monoisotopic (exact) mass is 258 g/mol. The topological polar surface area (TPSA) is 86.9 Å². The average Bonchev–Trinajstić information content (AvgIpc) is 2.87. The van der Waals surface area contributed by atoms with Gasteiger partial charge in [-0.25, -0.2) is 4.98 Å². The molecule has 0 saturated heterocycles. The number of aromatic amines is 1. The Hall–Kier alpha value is -2.34. The molecule has 3 rings (SSSR count). The third kappa shape index (κ3) is 1.77. The molecule has 0 bridgehead atoms. The molecule has 0 saturated carbocycles. The lowest BCUT2D eigenvalue weighted by atomic mass is 10.2. The fourth-order valence-corrected chi connectivity index (χ4v) is 2.14. The SMILES string of the molecule is CCOCc1nc2c([nH]1)c(=N)n(O)c1ccccc21. The number of H-pyrrole nitrogens is 1. The van der Waals surface area contributed by atoms with Crippen molar-refractivity contribution in [2.24, 2.45) is 0 Å². The van der Waals surface area contributed by atoms with Crippen molar-refractivity contribution in [1.82, 2.24) is 14.7 Å². The molecule has 0 amide bonds.